The normalized spacial score (nSPS) is 12.0. The second kappa shape index (κ2) is 9.00. The van der Waals surface area contributed by atoms with Crippen LogP contribution in [0.25, 0.3) is 0 Å². The average molecular weight is 411 g/mol. The molecule has 0 heterocycles. The van der Waals surface area contributed by atoms with E-state index in [-0.39, 0.29) is 10.8 Å². The van der Waals surface area contributed by atoms with Gasteiger partial charge in [-0.25, -0.2) is 4.79 Å². The fourth-order valence-electron chi connectivity index (χ4n) is 3.24. The number of ether oxygens (including phenoxy) is 1. The molecule has 0 saturated heterocycles. The minimum absolute atomic E-state index is 0.249. The van der Waals surface area contributed by atoms with Crippen molar-refractivity contribution in [1.29, 1.82) is 0 Å². The van der Waals surface area contributed by atoms with Gasteiger partial charge < -0.3 is 9.64 Å². The van der Waals surface area contributed by atoms with E-state index in [0.717, 1.165) is 23.2 Å². The Morgan fingerprint density at radius 2 is 1.40 bits per heavy atom. The molecule has 5 heteroatoms. The van der Waals surface area contributed by atoms with E-state index in [4.69, 9.17) is 4.74 Å². The second-order valence-corrected chi connectivity index (χ2v) is 9.97. The molecule has 0 aliphatic heterocycles. The number of benzene rings is 2. The third-order valence-corrected chi connectivity index (χ3v) is 4.71. The highest BCUT2D eigenvalue weighted by Gasteiger charge is 2.29. The van der Waals surface area contributed by atoms with Crippen LogP contribution < -0.4 is 10.1 Å². The predicted molar refractivity (Wildman–Crippen MR) is 121 cm³/mol. The van der Waals surface area contributed by atoms with Crippen LogP contribution in [0.3, 0.4) is 0 Å². The summed E-state index contributed by atoms with van der Waals surface area (Å²) in [5.74, 6) is 0.0373. The molecule has 0 bridgehead atoms. The molecule has 0 atom stereocenters. The van der Waals surface area contributed by atoms with Crippen molar-refractivity contribution in [3.05, 3.63) is 64.7 Å². The molecule has 0 aliphatic carbocycles. The zero-order valence-electron chi connectivity index (χ0n) is 19.4. The Morgan fingerprint density at radius 3 is 1.83 bits per heavy atom. The van der Waals surface area contributed by atoms with Gasteiger partial charge in [0, 0.05) is 23.2 Å². The van der Waals surface area contributed by atoms with E-state index in [1.807, 2.05) is 20.2 Å². The van der Waals surface area contributed by atoms with Crippen molar-refractivity contribution in [2.45, 2.75) is 58.9 Å². The summed E-state index contributed by atoms with van der Waals surface area (Å²) >= 11 is 0. The van der Waals surface area contributed by atoms with Crippen molar-refractivity contribution in [2.24, 2.45) is 0 Å². The van der Waals surface area contributed by atoms with Crippen LogP contribution in [0.5, 0.6) is 5.75 Å². The molecule has 2 aromatic carbocycles. The molecule has 0 radical (unpaired) electrons. The molecule has 0 aliphatic rings. The monoisotopic (exact) mass is 410 g/mol. The molecule has 2 amide bonds. The van der Waals surface area contributed by atoms with E-state index in [0.29, 0.717) is 11.3 Å². The molecule has 0 aromatic heterocycles. The topological polar surface area (TPSA) is 58.6 Å². The first-order chi connectivity index (χ1) is 13.8. The SMILES string of the molecule is CN(C)Cc1cc(C(C)(C)C)c(OC(=O)NC(=O)c2ccccc2)c(C(C)(C)C)c1. The molecule has 0 saturated carbocycles. The van der Waals surface area contributed by atoms with Gasteiger partial charge >= 0.3 is 6.09 Å². The number of hydrogen-bond donors (Lipinski definition) is 1. The fraction of sp³-hybridized carbons (Fsp3) is 0.440. The first kappa shape index (κ1) is 23.6. The van der Waals surface area contributed by atoms with E-state index in [1.165, 1.54) is 0 Å². The minimum Gasteiger partial charge on any atom is -0.409 e. The van der Waals surface area contributed by atoms with Gasteiger partial charge in [0.05, 0.1) is 0 Å². The summed E-state index contributed by atoms with van der Waals surface area (Å²) in [6.45, 7) is 13.3. The van der Waals surface area contributed by atoms with Crippen molar-refractivity contribution < 1.29 is 14.3 Å². The Labute approximate surface area is 180 Å². The Kier molecular flexibility index (Phi) is 7.09. The zero-order valence-corrected chi connectivity index (χ0v) is 19.4. The van der Waals surface area contributed by atoms with Crippen molar-refractivity contribution in [3.63, 3.8) is 0 Å². The van der Waals surface area contributed by atoms with E-state index in [1.54, 1.807) is 24.3 Å². The molecule has 0 unspecified atom stereocenters. The largest absolute Gasteiger partial charge is 0.419 e. The highest BCUT2D eigenvalue weighted by molar-refractivity contribution is 6.03. The number of nitrogens with zero attached hydrogens (tertiary/aromatic N) is 1. The highest BCUT2D eigenvalue weighted by Crippen LogP contribution is 2.41. The van der Waals surface area contributed by atoms with Crippen LogP contribution in [0.4, 0.5) is 4.79 Å². The maximum Gasteiger partial charge on any atom is 0.419 e. The number of rotatable bonds is 4. The van der Waals surface area contributed by atoms with Gasteiger partial charge in [-0.3, -0.25) is 10.1 Å². The van der Waals surface area contributed by atoms with Gasteiger partial charge in [-0.05, 0) is 42.6 Å². The van der Waals surface area contributed by atoms with Gasteiger partial charge in [0.25, 0.3) is 5.91 Å². The van der Waals surface area contributed by atoms with Crippen LogP contribution in [0.1, 0.15) is 68.6 Å². The van der Waals surface area contributed by atoms with E-state index in [9.17, 15) is 9.59 Å². The van der Waals surface area contributed by atoms with Crippen molar-refractivity contribution in [1.82, 2.24) is 10.2 Å². The van der Waals surface area contributed by atoms with Crippen molar-refractivity contribution >= 4 is 12.0 Å². The molecule has 2 aromatic rings. The Bertz CT molecular complexity index is 869. The Balaban J connectivity index is 2.46. The maximum atomic E-state index is 12.7. The molecular formula is C25H34N2O3. The Hall–Kier alpha value is -2.66. The molecule has 0 fully saturated rings. The molecule has 5 nitrogen and oxygen atoms in total. The number of carbonyl (C=O) groups is 2. The van der Waals surface area contributed by atoms with E-state index < -0.39 is 12.0 Å². The maximum absolute atomic E-state index is 12.7. The lowest BCUT2D eigenvalue weighted by atomic mass is 9.78. The molecule has 162 valence electrons. The smallest absolute Gasteiger partial charge is 0.409 e. The van der Waals surface area contributed by atoms with E-state index in [2.05, 4.69) is 63.9 Å². The van der Waals surface area contributed by atoms with E-state index >= 15 is 0 Å². The van der Waals surface area contributed by atoms with Gasteiger partial charge in [-0.1, -0.05) is 71.9 Å². The van der Waals surface area contributed by atoms with Gasteiger partial charge in [0.2, 0.25) is 0 Å². The van der Waals surface area contributed by atoms with Gasteiger partial charge in [-0.15, -0.1) is 0 Å². The number of nitrogens with one attached hydrogen (secondary N) is 1. The third kappa shape index (κ3) is 6.17. The molecule has 1 N–H and O–H groups in total. The lowest BCUT2D eigenvalue weighted by Gasteiger charge is -2.30. The molecule has 0 spiro atoms. The molecular weight excluding hydrogens is 376 g/mol. The summed E-state index contributed by atoms with van der Waals surface area (Å²) in [4.78, 5) is 27.1. The lowest BCUT2D eigenvalue weighted by molar-refractivity contribution is 0.0950. The first-order valence-electron chi connectivity index (χ1n) is 10.2. The summed E-state index contributed by atoms with van der Waals surface area (Å²) < 4.78 is 5.80. The summed E-state index contributed by atoms with van der Waals surface area (Å²) in [6, 6.07) is 12.8. The van der Waals surface area contributed by atoms with Gasteiger partial charge in [-0.2, -0.15) is 0 Å². The zero-order chi connectivity index (χ0) is 22.7. The first-order valence-corrected chi connectivity index (χ1v) is 10.2. The van der Waals surface area contributed by atoms with Crippen LogP contribution in [0.2, 0.25) is 0 Å². The van der Waals surface area contributed by atoms with Crippen LogP contribution >= 0.6 is 0 Å². The standard InChI is InChI=1S/C25H34N2O3/c1-24(2,3)19-14-17(16-27(7)8)15-20(25(4,5)6)21(19)30-23(29)26-22(28)18-12-10-9-11-13-18/h9-15H,16H2,1-8H3,(H,26,28,29). The minimum atomic E-state index is -0.778. The Morgan fingerprint density at radius 1 is 0.900 bits per heavy atom. The number of amides is 2. The number of imide groups is 1. The fourth-order valence-corrected chi connectivity index (χ4v) is 3.24. The van der Waals surface area contributed by atoms with Gasteiger partial charge in [0.15, 0.2) is 0 Å². The summed E-state index contributed by atoms with van der Waals surface area (Å²) in [5.41, 5.74) is 2.94. The van der Waals surface area contributed by atoms with Crippen LogP contribution in [-0.2, 0) is 17.4 Å². The lowest BCUT2D eigenvalue weighted by Crippen LogP contribution is -2.34. The molecule has 2 rings (SSSR count). The second-order valence-electron chi connectivity index (χ2n) is 9.97. The summed E-state index contributed by atoms with van der Waals surface area (Å²) in [5, 5.41) is 2.34. The summed E-state index contributed by atoms with van der Waals surface area (Å²) in [6.07, 6.45) is -0.778. The van der Waals surface area contributed by atoms with Crippen LogP contribution in [0, 0.1) is 0 Å². The summed E-state index contributed by atoms with van der Waals surface area (Å²) in [7, 11) is 4.06. The quantitative estimate of drug-likeness (QED) is 0.746. The number of hydrogen-bond acceptors (Lipinski definition) is 4. The predicted octanol–water partition coefficient (Wildman–Crippen LogP) is 5.27. The van der Waals surface area contributed by atoms with Crippen LogP contribution in [-0.4, -0.2) is 31.0 Å². The van der Waals surface area contributed by atoms with Crippen molar-refractivity contribution in [3.8, 4) is 5.75 Å². The average Bonchev–Trinajstić information content (AvgIpc) is 2.61. The van der Waals surface area contributed by atoms with Gasteiger partial charge in [0.1, 0.15) is 5.75 Å². The van der Waals surface area contributed by atoms with Crippen LogP contribution in [0.15, 0.2) is 42.5 Å². The highest BCUT2D eigenvalue weighted by atomic mass is 16.6. The molecule has 30 heavy (non-hydrogen) atoms. The van der Waals surface area contributed by atoms with Crippen molar-refractivity contribution in [2.75, 3.05) is 14.1 Å². The third-order valence-electron chi connectivity index (χ3n) is 4.71. The number of carbonyl (C=O) groups excluding carboxylic acids is 2.